The Hall–Kier alpha value is -1.68. The molecule has 9 nitrogen and oxygen atoms in total. The van der Waals surface area contributed by atoms with Gasteiger partial charge in [-0.3, -0.25) is 14.1 Å². The van der Waals surface area contributed by atoms with Crippen molar-refractivity contribution in [2.75, 3.05) is 6.61 Å². The lowest BCUT2D eigenvalue weighted by atomic mass is 10.1. The monoisotopic (exact) mass is 479 g/mol. The maximum Gasteiger partial charge on any atom is 0.328 e. The van der Waals surface area contributed by atoms with Crippen molar-refractivity contribution in [2.24, 2.45) is 0 Å². The van der Waals surface area contributed by atoms with Gasteiger partial charge in [-0.15, -0.1) is 0 Å². The summed E-state index contributed by atoms with van der Waals surface area (Å²) in [6.07, 6.45) is 13.5. The first-order valence-electron chi connectivity index (χ1n) is 11.8. The fraction of sp³-hybridized carbons (Fsp3) is 0.864. The number of hydrogen-bond donors (Lipinski definition) is 3. The molecule has 0 aromatic carbocycles. The second-order valence-corrected chi connectivity index (χ2v) is 9.73. The lowest BCUT2D eigenvalue weighted by Gasteiger charge is -2.17. The van der Waals surface area contributed by atoms with E-state index in [1.54, 1.807) is 6.92 Å². The Balaban J connectivity index is 3.97. The number of nitrogens with one attached hydrogen (secondary N) is 1. The van der Waals surface area contributed by atoms with Gasteiger partial charge in [-0.25, -0.2) is 4.79 Å². The van der Waals surface area contributed by atoms with Gasteiger partial charge in [0.05, 0.1) is 13.0 Å². The second-order valence-electron chi connectivity index (χ2n) is 8.13. The summed E-state index contributed by atoms with van der Waals surface area (Å²) in [5, 5.41) is 8.82. The van der Waals surface area contributed by atoms with Crippen molar-refractivity contribution in [2.45, 2.75) is 115 Å². The van der Waals surface area contributed by atoms with Crippen LogP contribution in [0.3, 0.4) is 0 Å². The van der Waals surface area contributed by atoms with Gasteiger partial charge in [-0.2, -0.15) is 8.42 Å². The molecular weight excluding hydrogens is 438 g/mol. The number of ether oxygens (including phenoxy) is 1. The van der Waals surface area contributed by atoms with Crippen LogP contribution in [0.25, 0.3) is 0 Å². The van der Waals surface area contributed by atoms with Gasteiger partial charge in [-0.1, -0.05) is 84.5 Å². The van der Waals surface area contributed by atoms with E-state index in [-0.39, 0.29) is 13.0 Å². The van der Waals surface area contributed by atoms with Crippen LogP contribution in [-0.2, 0) is 29.2 Å². The number of carbonyl (C=O) groups is 3. The summed E-state index contributed by atoms with van der Waals surface area (Å²) in [6, 6.07) is -1.00. The normalized spacial score (nSPS) is 13.3. The maximum absolute atomic E-state index is 12.1. The molecule has 0 fully saturated rings. The van der Waals surface area contributed by atoms with E-state index in [4.69, 9.17) is 14.4 Å². The molecule has 0 aromatic rings. The van der Waals surface area contributed by atoms with Crippen LogP contribution >= 0.6 is 0 Å². The molecule has 0 aliphatic heterocycles. The van der Waals surface area contributed by atoms with Gasteiger partial charge in [0, 0.05) is 0 Å². The van der Waals surface area contributed by atoms with Gasteiger partial charge in [0.15, 0.2) is 5.25 Å². The smallest absolute Gasteiger partial charge is 0.328 e. The van der Waals surface area contributed by atoms with E-state index in [1.807, 2.05) is 0 Å². The van der Waals surface area contributed by atoms with Crippen LogP contribution < -0.4 is 5.32 Å². The van der Waals surface area contributed by atoms with E-state index < -0.39 is 45.7 Å². The number of carbonyl (C=O) groups excluding carboxylic acids is 2. The Kier molecular flexibility index (Phi) is 16.9. The highest BCUT2D eigenvalue weighted by molar-refractivity contribution is 7.87. The quantitative estimate of drug-likeness (QED) is 0.135. The van der Waals surface area contributed by atoms with Crippen molar-refractivity contribution in [1.82, 2.24) is 5.32 Å². The minimum atomic E-state index is -4.93. The number of carboxylic acid groups (broad SMARTS) is 1. The summed E-state index contributed by atoms with van der Waals surface area (Å²) in [5.74, 6) is -3.46. The molecule has 0 bridgehead atoms. The average molecular weight is 480 g/mol. The van der Waals surface area contributed by atoms with Crippen LogP contribution in [0, 0.1) is 0 Å². The van der Waals surface area contributed by atoms with Crippen LogP contribution in [0.2, 0.25) is 0 Å². The molecular formula is C22H41NO8S. The largest absolute Gasteiger partial charge is 0.480 e. The fourth-order valence-electron chi connectivity index (χ4n) is 3.29. The maximum atomic E-state index is 12.1. The Labute approximate surface area is 192 Å². The predicted molar refractivity (Wildman–Crippen MR) is 122 cm³/mol. The van der Waals surface area contributed by atoms with Crippen molar-refractivity contribution < 1.29 is 37.2 Å². The first-order valence-corrected chi connectivity index (χ1v) is 13.3. The summed E-state index contributed by atoms with van der Waals surface area (Å²) in [4.78, 5) is 34.9. The van der Waals surface area contributed by atoms with Crippen LogP contribution in [0.15, 0.2) is 0 Å². The molecule has 0 aromatic heterocycles. The number of rotatable bonds is 20. The first-order chi connectivity index (χ1) is 15.1. The molecule has 0 heterocycles. The predicted octanol–water partition coefficient (Wildman–Crippen LogP) is 3.86. The number of unbranched alkanes of at least 4 members (excludes halogenated alkanes) is 11. The molecule has 32 heavy (non-hydrogen) atoms. The van der Waals surface area contributed by atoms with Gasteiger partial charge >= 0.3 is 11.9 Å². The zero-order valence-electron chi connectivity index (χ0n) is 19.5. The Bertz CT molecular complexity index is 650. The number of esters is 1. The van der Waals surface area contributed by atoms with E-state index in [0.29, 0.717) is 0 Å². The highest BCUT2D eigenvalue weighted by atomic mass is 32.2. The highest BCUT2D eigenvalue weighted by Crippen LogP contribution is 2.12. The Morgan fingerprint density at radius 2 is 1.31 bits per heavy atom. The minimum Gasteiger partial charge on any atom is -0.480 e. The van der Waals surface area contributed by atoms with E-state index in [0.717, 1.165) is 25.7 Å². The van der Waals surface area contributed by atoms with Gasteiger partial charge in [-0.05, 0) is 12.8 Å². The fourth-order valence-corrected chi connectivity index (χ4v) is 3.90. The average Bonchev–Trinajstić information content (AvgIpc) is 2.72. The molecule has 0 spiro atoms. The van der Waals surface area contributed by atoms with E-state index in [1.165, 1.54) is 51.4 Å². The van der Waals surface area contributed by atoms with Crippen molar-refractivity contribution in [3.05, 3.63) is 0 Å². The van der Waals surface area contributed by atoms with Crippen molar-refractivity contribution in [1.29, 1.82) is 0 Å². The van der Waals surface area contributed by atoms with Crippen LogP contribution in [0.1, 0.15) is 104 Å². The van der Waals surface area contributed by atoms with Gasteiger partial charge in [0.1, 0.15) is 6.04 Å². The standard InChI is InChI=1S/C22H41NO8S/c1-3-5-6-7-8-9-10-11-12-13-14-15-16-31-22(27)18(4-2)23-20(24)17-19(21(25)26)32(28,29)30/h18-19H,3-17H2,1-2H3,(H,23,24)(H,25,26)(H,28,29,30). The van der Waals surface area contributed by atoms with E-state index >= 15 is 0 Å². The molecule has 0 rings (SSSR count). The summed E-state index contributed by atoms with van der Waals surface area (Å²) < 4.78 is 36.2. The Morgan fingerprint density at radius 3 is 1.72 bits per heavy atom. The number of carboxylic acids is 1. The zero-order valence-corrected chi connectivity index (χ0v) is 20.3. The molecule has 188 valence electrons. The number of aliphatic carboxylic acids is 1. The van der Waals surface area contributed by atoms with E-state index in [2.05, 4.69) is 12.2 Å². The topological polar surface area (TPSA) is 147 Å². The number of amides is 1. The molecule has 2 atom stereocenters. The molecule has 10 heteroatoms. The summed E-state index contributed by atoms with van der Waals surface area (Å²) >= 11 is 0. The zero-order chi connectivity index (χ0) is 24.4. The second kappa shape index (κ2) is 17.8. The molecule has 2 unspecified atom stereocenters. The van der Waals surface area contributed by atoms with Crippen molar-refractivity contribution in [3.63, 3.8) is 0 Å². The van der Waals surface area contributed by atoms with Crippen LogP contribution in [0.4, 0.5) is 0 Å². The third-order valence-corrected chi connectivity index (χ3v) is 6.36. The van der Waals surface area contributed by atoms with Gasteiger partial charge in [0.25, 0.3) is 10.1 Å². The van der Waals surface area contributed by atoms with Crippen LogP contribution in [-0.4, -0.2) is 53.8 Å². The third kappa shape index (κ3) is 15.2. The lowest BCUT2D eigenvalue weighted by Crippen LogP contribution is -2.44. The molecule has 0 aliphatic rings. The molecule has 0 saturated heterocycles. The molecule has 0 aliphatic carbocycles. The summed E-state index contributed by atoms with van der Waals surface area (Å²) in [5.41, 5.74) is 0. The molecule has 0 radical (unpaired) electrons. The Morgan fingerprint density at radius 1 is 0.844 bits per heavy atom. The first kappa shape index (κ1) is 30.3. The summed E-state index contributed by atoms with van der Waals surface area (Å²) in [7, 11) is -4.93. The van der Waals surface area contributed by atoms with E-state index in [9.17, 15) is 22.8 Å². The van der Waals surface area contributed by atoms with Gasteiger partial charge < -0.3 is 15.2 Å². The van der Waals surface area contributed by atoms with Gasteiger partial charge in [0.2, 0.25) is 5.91 Å². The number of hydrogen-bond acceptors (Lipinski definition) is 6. The van der Waals surface area contributed by atoms with Crippen molar-refractivity contribution >= 4 is 28.0 Å². The lowest BCUT2D eigenvalue weighted by molar-refractivity contribution is -0.148. The molecule has 1 amide bonds. The van der Waals surface area contributed by atoms with Crippen LogP contribution in [0.5, 0.6) is 0 Å². The minimum absolute atomic E-state index is 0.201. The molecule has 0 saturated carbocycles. The highest BCUT2D eigenvalue weighted by Gasteiger charge is 2.34. The SMILES string of the molecule is CCCCCCCCCCCCCCOC(=O)C(CC)NC(=O)CC(C(=O)O)S(=O)(=O)O. The third-order valence-electron chi connectivity index (χ3n) is 5.28. The molecule has 3 N–H and O–H groups in total. The summed E-state index contributed by atoms with van der Waals surface area (Å²) in [6.45, 7) is 4.08. The van der Waals surface area contributed by atoms with Crippen molar-refractivity contribution in [3.8, 4) is 0 Å².